The van der Waals surface area contributed by atoms with E-state index in [-0.39, 0.29) is 23.2 Å². The average Bonchev–Trinajstić information content (AvgIpc) is 2.79. The van der Waals surface area contributed by atoms with Crippen LogP contribution in [-0.2, 0) is 13.0 Å². The zero-order valence-corrected chi connectivity index (χ0v) is 18.4. The molecule has 0 atom stereocenters. The molecule has 0 bridgehead atoms. The molecule has 0 saturated carbocycles. The number of methoxy groups -OCH3 is 2. The van der Waals surface area contributed by atoms with Crippen molar-refractivity contribution in [3.63, 3.8) is 0 Å². The standard InChI is InChI=1S/C25H24N2O5/c1-15-7-5-6-8-18(15)23(28)22-16(2)19(14-26)24(29)27(25(22)30)12-11-17-9-10-20(31-3)21(13-17)32-4/h5-10,13,30H,11-12H2,1-4H3. The van der Waals surface area contributed by atoms with Gasteiger partial charge in [-0.25, -0.2) is 0 Å². The number of nitrogens with zero attached hydrogens (tertiary/aromatic N) is 2. The number of aryl methyl sites for hydroxylation is 2. The highest BCUT2D eigenvalue weighted by molar-refractivity contribution is 6.12. The van der Waals surface area contributed by atoms with Crippen LogP contribution in [0.2, 0.25) is 0 Å². The van der Waals surface area contributed by atoms with Crippen molar-refractivity contribution < 1.29 is 19.4 Å². The number of carbonyl (C=O) groups excluding carboxylic acids is 1. The minimum Gasteiger partial charge on any atom is -0.494 e. The molecule has 0 aliphatic rings. The molecule has 1 heterocycles. The third kappa shape index (κ3) is 4.08. The van der Waals surface area contributed by atoms with Crippen LogP contribution in [0.25, 0.3) is 0 Å². The molecule has 0 spiro atoms. The van der Waals surface area contributed by atoms with Gasteiger partial charge in [-0.05, 0) is 49.1 Å². The summed E-state index contributed by atoms with van der Waals surface area (Å²) in [5, 5.41) is 20.5. The van der Waals surface area contributed by atoms with Crippen LogP contribution in [0.15, 0.2) is 47.3 Å². The number of aromatic nitrogens is 1. The van der Waals surface area contributed by atoms with Gasteiger partial charge in [-0.2, -0.15) is 5.26 Å². The van der Waals surface area contributed by atoms with Crippen molar-refractivity contribution in [2.45, 2.75) is 26.8 Å². The fourth-order valence-corrected chi connectivity index (χ4v) is 3.67. The first-order valence-corrected chi connectivity index (χ1v) is 10.0. The number of hydrogen-bond donors (Lipinski definition) is 1. The van der Waals surface area contributed by atoms with Gasteiger partial charge < -0.3 is 14.6 Å². The van der Waals surface area contributed by atoms with Crippen LogP contribution in [0.3, 0.4) is 0 Å². The molecule has 0 aliphatic carbocycles. The van der Waals surface area contributed by atoms with Crippen molar-refractivity contribution in [2.24, 2.45) is 0 Å². The molecule has 0 saturated heterocycles. The van der Waals surface area contributed by atoms with Gasteiger partial charge in [0.2, 0.25) is 5.88 Å². The largest absolute Gasteiger partial charge is 0.494 e. The van der Waals surface area contributed by atoms with E-state index >= 15 is 0 Å². The molecule has 0 unspecified atom stereocenters. The molecule has 1 N–H and O–H groups in total. The molecule has 0 aliphatic heterocycles. The lowest BCUT2D eigenvalue weighted by molar-refractivity contribution is 0.103. The molecule has 0 fully saturated rings. The number of ether oxygens (including phenoxy) is 2. The monoisotopic (exact) mass is 432 g/mol. The molecule has 2 aromatic carbocycles. The lowest BCUT2D eigenvalue weighted by Gasteiger charge is -2.16. The van der Waals surface area contributed by atoms with Crippen LogP contribution in [0.5, 0.6) is 17.4 Å². The van der Waals surface area contributed by atoms with E-state index < -0.39 is 17.2 Å². The van der Waals surface area contributed by atoms with E-state index in [0.717, 1.165) is 15.7 Å². The fraction of sp³-hybridized carbons (Fsp3) is 0.240. The van der Waals surface area contributed by atoms with Crippen molar-refractivity contribution in [2.75, 3.05) is 14.2 Å². The Morgan fingerprint density at radius 1 is 1.09 bits per heavy atom. The van der Waals surface area contributed by atoms with E-state index in [2.05, 4.69) is 0 Å². The summed E-state index contributed by atoms with van der Waals surface area (Å²) in [6, 6.07) is 14.2. The van der Waals surface area contributed by atoms with Crippen LogP contribution in [0.4, 0.5) is 0 Å². The summed E-state index contributed by atoms with van der Waals surface area (Å²) in [5.41, 5.74) is 1.31. The second kappa shape index (κ2) is 9.40. The molecular formula is C25H24N2O5. The Labute approximate surface area is 186 Å². The Morgan fingerprint density at radius 2 is 1.78 bits per heavy atom. The normalized spacial score (nSPS) is 10.5. The van der Waals surface area contributed by atoms with E-state index in [4.69, 9.17) is 9.47 Å². The number of hydrogen-bond acceptors (Lipinski definition) is 6. The Bertz CT molecular complexity index is 1280. The fourth-order valence-electron chi connectivity index (χ4n) is 3.67. The van der Waals surface area contributed by atoms with Gasteiger partial charge in [0.1, 0.15) is 11.6 Å². The van der Waals surface area contributed by atoms with Gasteiger partial charge >= 0.3 is 0 Å². The van der Waals surface area contributed by atoms with Crippen molar-refractivity contribution in [3.8, 4) is 23.4 Å². The van der Waals surface area contributed by atoms with Crippen LogP contribution in [0, 0.1) is 25.2 Å². The van der Waals surface area contributed by atoms with Crippen LogP contribution >= 0.6 is 0 Å². The van der Waals surface area contributed by atoms with Crippen molar-refractivity contribution in [3.05, 3.63) is 86.2 Å². The molecule has 32 heavy (non-hydrogen) atoms. The summed E-state index contributed by atoms with van der Waals surface area (Å²) in [6.07, 6.45) is 0.361. The molecule has 7 nitrogen and oxygen atoms in total. The summed E-state index contributed by atoms with van der Waals surface area (Å²) >= 11 is 0. The van der Waals surface area contributed by atoms with E-state index in [1.807, 2.05) is 18.2 Å². The topological polar surface area (TPSA) is 102 Å². The second-order valence-corrected chi connectivity index (χ2v) is 7.35. The molecule has 164 valence electrons. The number of rotatable bonds is 7. The summed E-state index contributed by atoms with van der Waals surface area (Å²) < 4.78 is 11.6. The molecule has 7 heteroatoms. The van der Waals surface area contributed by atoms with Gasteiger partial charge in [-0.15, -0.1) is 0 Å². The van der Waals surface area contributed by atoms with Gasteiger partial charge in [-0.1, -0.05) is 30.3 Å². The maximum Gasteiger partial charge on any atom is 0.271 e. The first kappa shape index (κ1) is 22.6. The van der Waals surface area contributed by atoms with Crippen LogP contribution in [0.1, 0.15) is 38.2 Å². The van der Waals surface area contributed by atoms with Crippen molar-refractivity contribution in [1.29, 1.82) is 5.26 Å². The highest BCUT2D eigenvalue weighted by Crippen LogP contribution is 2.29. The van der Waals surface area contributed by atoms with E-state index in [0.29, 0.717) is 23.5 Å². The summed E-state index contributed by atoms with van der Waals surface area (Å²) in [6.45, 7) is 3.37. The minimum absolute atomic E-state index is 0.0391. The number of ketones is 1. The zero-order valence-electron chi connectivity index (χ0n) is 18.4. The molecule has 0 amide bonds. The number of benzene rings is 2. The molecule has 0 radical (unpaired) electrons. The maximum absolute atomic E-state index is 13.3. The van der Waals surface area contributed by atoms with E-state index in [9.17, 15) is 20.0 Å². The zero-order chi connectivity index (χ0) is 23.4. The molecule has 3 rings (SSSR count). The Morgan fingerprint density at radius 3 is 2.41 bits per heavy atom. The Kier molecular flexibility index (Phi) is 6.64. The number of pyridine rings is 1. The predicted octanol–water partition coefficient (Wildman–Crippen LogP) is 3.53. The lowest BCUT2D eigenvalue weighted by Crippen LogP contribution is -2.27. The van der Waals surface area contributed by atoms with Gasteiger partial charge in [0.05, 0.1) is 19.8 Å². The van der Waals surface area contributed by atoms with Gasteiger partial charge in [-0.3, -0.25) is 14.2 Å². The van der Waals surface area contributed by atoms with E-state index in [1.54, 1.807) is 37.3 Å². The Balaban J connectivity index is 2.07. The minimum atomic E-state index is -0.635. The van der Waals surface area contributed by atoms with E-state index in [1.165, 1.54) is 21.1 Å². The molecule has 3 aromatic rings. The number of nitriles is 1. The third-order valence-corrected chi connectivity index (χ3v) is 5.49. The van der Waals surface area contributed by atoms with Crippen LogP contribution < -0.4 is 15.0 Å². The summed E-state index contributed by atoms with van der Waals surface area (Å²) in [5.74, 6) is 0.234. The summed E-state index contributed by atoms with van der Waals surface area (Å²) in [4.78, 5) is 26.1. The third-order valence-electron chi connectivity index (χ3n) is 5.49. The lowest BCUT2D eigenvalue weighted by atomic mass is 9.94. The van der Waals surface area contributed by atoms with Crippen molar-refractivity contribution in [1.82, 2.24) is 4.57 Å². The quantitative estimate of drug-likeness (QED) is 0.573. The van der Waals surface area contributed by atoms with Crippen LogP contribution in [-0.4, -0.2) is 29.7 Å². The number of carbonyl (C=O) groups is 1. The SMILES string of the molecule is COc1ccc(CCn2c(O)c(C(=O)c3ccccc3C)c(C)c(C#N)c2=O)cc1OC. The van der Waals surface area contributed by atoms with Crippen molar-refractivity contribution >= 4 is 5.78 Å². The first-order chi connectivity index (χ1) is 15.3. The van der Waals surface area contributed by atoms with Gasteiger partial charge in [0, 0.05) is 12.1 Å². The second-order valence-electron chi connectivity index (χ2n) is 7.35. The summed E-state index contributed by atoms with van der Waals surface area (Å²) in [7, 11) is 3.07. The molecular weight excluding hydrogens is 408 g/mol. The maximum atomic E-state index is 13.3. The van der Waals surface area contributed by atoms with Gasteiger partial charge in [0.25, 0.3) is 5.56 Å². The average molecular weight is 432 g/mol. The highest BCUT2D eigenvalue weighted by Gasteiger charge is 2.25. The highest BCUT2D eigenvalue weighted by atomic mass is 16.5. The first-order valence-electron chi connectivity index (χ1n) is 10.0. The predicted molar refractivity (Wildman–Crippen MR) is 120 cm³/mol. The molecule has 1 aromatic heterocycles. The number of aromatic hydroxyl groups is 1. The Hall–Kier alpha value is -4.05. The smallest absolute Gasteiger partial charge is 0.271 e. The van der Waals surface area contributed by atoms with Gasteiger partial charge in [0.15, 0.2) is 17.3 Å².